The second kappa shape index (κ2) is 5.33. The van der Waals surface area contributed by atoms with E-state index in [9.17, 15) is 4.79 Å². The zero-order valence-corrected chi connectivity index (χ0v) is 11.3. The quantitative estimate of drug-likeness (QED) is 0.849. The summed E-state index contributed by atoms with van der Waals surface area (Å²) in [6.07, 6.45) is 5.55. The molecule has 3 rings (SSSR count). The van der Waals surface area contributed by atoms with E-state index >= 15 is 0 Å². The second-order valence-corrected chi connectivity index (χ2v) is 5.92. The molecule has 0 aliphatic heterocycles. The lowest BCUT2D eigenvalue weighted by molar-refractivity contribution is -0.131. The van der Waals surface area contributed by atoms with Gasteiger partial charge in [0, 0.05) is 19.1 Å². The second-order valence-electron chi connectivity index (χ2n) is 5.92. The smallest absolute Gasteiger partial charge is 0.227 e. The molecule has 2 saturated carbocycles. The third kappa shape index (κ3) is 3.35. The van der Waals surface area contributed by atoms with Crippen LogP contribution < -0.4 is 5.73 Å². The standard InChI is InChI=1S/C16H22N2O/c17-10-13-3-1-12(2-4-13)9-16(19)18(15-7-8-15)11-14-5-6-14/h1-4,14-15H,5-11,17H2. The Morgan fingerprint density at radius 1 is 1.11 bits per heavy atom. The van der Waals surface area contributed by atoms with E-state index in [1.165, 1.54) is 25.7 Å². The maximum atomic E-state index is 12.4. The van der Waals surface area contributed by atoms with Crippen molar-refractivity contribution in [2.24, 2.45) is 11.7 Å². The van der Waals surface area contributed by atoms with Gasteiger partial charge in [0.25, 0.3) is 0 Å². The summed E-state index contributed by atoms with van der Waals surface area (Å²) in [5, 5.41) is 0. The molecule has 2 fully saturated rings. The molecule has 1 amide bonds. The number of nitrogens with two attached hydrogens (primary N) is 1. The summed E-state index contributed by atoms with van der Waals surface area (Å²) in [6, 6.07) is 8.64. The molecule has 1 aromatic rings. The average molecular weight is 258 g/mol. The Labute approximate surface area is 114 Å². The molecule has 0 spiro atoms. The number of hydrogen-bond acceptors (Lipinski definition) is 2. The summed E-state index contributed by atoms with van der Waals surface area (Å²) in [4.78, 5) is 14.5. The van der Waals surface area contributed by atoms with E-state index in [4.69, 9.17) is 5.73 Å². The molecule has 2 N–H and O–H groups in total. The molecule has 0 unspecified atom stereocenters. The molecule has 0 aromatic heterocycles. The fourth-order valence-electron chi connectivity index (χ4n) is 2.49. The zero-order valence-electron chi connectivity index (χ0n) is 11.3. The fraction of sp³-hybridized carbons (Fsp3) is 0.562. The van der Waals surface area contributed by atoms with Gasteiger partial charge in [0.2, 0.25) is 5.91 Å². The van der Waals surface area contributed by atoms with Crippen molar-refractivity contribution in [3.05, 3.63) is 35.4 Å². The highest BCUT2D eigenvalue weighted by Gasteiger charge is 2.36. The summed E-state index contributed by atoms with van der Waals surface area (Å²) < 4.78 is 0. The SMILES string of the molecule is NCc1ccc(CC(=O)N(CC2CC2)C2CC2)cc1. The van der Waals surface area contributed by atoms with E-state index in [0.29, 0.717) is 24.9 Å². The Bertz CT molecular complexity index is 446. The van der Waals surface area contributed by atoms with E-state index in [1.54, 1.807) is 0 Å². The summed E-state index contributed by atoms with van der Waals surface area (Å²) in [7, 11) is 0. The number of benzene rings is 1. The Hall–Kier alpha value is -1.35. The molecule has 102 valence electrons. The van der Waals surface area contributed by atoms with Gasteiger partial charge in [-0.15, -0.1) is 0 Å². The van der Waals surface area contributed by atoms with Crippen molar-refractivity contribution in [3.8, 4) is 0 Å². The van der Waals surface area contributed by atoms with Crippen LogP contribution >= 0.6 is 0 Å². The number of carbonyl (C=O) groups excluding carboxylic acids is 1. The van der Waals surface area contributed by atoms with Gasteiger partial charge < -0.3 is 10.6 Å². The maximum absolute atomic E-state index is 12.4. The largest absolute Gasteiger partial charge is 0.339 e. The van der Waals surface area contributed by atoms with Gasteiger partial charge in [0.1, 0.15) is 0 Å². The lowest BCUT2D eigenvalue weighted by Crippen LogP contribution is -2.36. The van der Waals surface area contributed by atoms with Crippen molar-refractivity contribution in [2.75, 3.05) is 6.54 Å². The highest BCUT2D eigenvalue weighted by molar-refractivity contribution is 5.79. The van der Waals surface area contributed by atoms with Crippen LogP contribution in [0.3, 0.4) is 0 Å². The van der Waals surface area contributed by atoms with Crippen LogP contribution in [0.2, 0.25) is 0 Å². The molecule has 3 heteroatoms. The van der Waals surface area contributed by atoms with E-state index in [-0.39, 0.29) is 0 Å². The summed E-state index contributed by atoms with van der Waals surface area (Å²) in [5.41, 5.74) is 7.80. The molecule has 2 aliphatic carbocycles. The molecule has 0 atom stereocenters. The van der Waals surface area contributed by atoms with Gasteiger partial charge in [-0.2, -0.15) is 0 Å². The minimum Gasteiger partial charge on any atom is -0.339 e. The average Bonchev–Trinajstić information content (AvgIpc) is 3.28. The molecule has 2 aliphatic rings. The molecule has 0 saturated heterocycles. The highest BCUT2D eigenvalue weighted by atomic mass is 16.2. The van der Waals surface area contributed by atoms with E-state index in [0.717, 1.165) is 23.6 Å². The molecule has 0 radical (unpaired) electrons. The van der Waals surface area contributed by atoms with Gasteiger partial charge in [-0.3, -0.25) is 4.79 Å². The summed E-state index contributed by atoms with van der Waals surface area (Å²) in [5.74, 6) is 1.08. The van der Waals surface area contributed by atoms with Crippen molar-refractivity contribution >= 4 is 5.91 Å². The van der Waals surface area contributed by atoms with Gasteiger partial charge in [0.05, 0.1) is 6.42 Å². The first-order valence-corrected chi connectivity index (χ1v) is 7.33. The van der Waals surface area contributed by atoms with Crippen LogP contribution in [0.25, 0.3) is 0 Å². The highest BCUT2D eigenvalue weighted by Crippen LogP contribution is 2.35. The molecule has 0 bridgehead atoms. The third-order valence-corrected chi connectivity index (χ3v) is 4.07. The van der Waals surface area contributed by atoms with Gasteiger partial charge in [-0.05, 0) is 42.7 Å². The van der Waals surface area contributed by atoms with Crippen LogP contribution in [0, 0.1) is 5.92 Å². The molecular formula is C16H22N2O. The topological polar surface area (TPSA) is 46.3 Å². The minimum absolute atomic E-state index is 0.301. The van der Waals surface area contributed by atoms with E-state index in [1.807, 2.05) is 24.3 Å². The molecular weight excluding hydrogens is 236 g/mol. The maximum Gasteiger partial charge on any atom is 0.227 e. The molecule has 3 nitrogen and oxygen atoms in total. The van der Waals surface area contributed by atoms with Crippen LogP contribution in [0.1, 0.15) is 36.8 Å². The number of nitrogens with zero attached hydrogens (tertiary/aromatic N) is 1. The van der Waals surface area contributed by atoms with Gasteiger partial charge >= 0.3 is 0 Å². The molecule has 1 aromatic carbocycles. The van der Waals surface area contributed by atoms with Crippen LogP contribution in [0.15, 0.2) is 24.3 Å². The first kappa shape index (κ1) is 12.7. The van der Waals surface area contributed by atoms with Gasteiger partial charge in [0.15, 0.2) is 0 Å². The van der Waals surface area contributed by atoms with Gasteiger partial charge in [-0.1, -0.05) is 24.3 Å². The monoisotopic (exact) mass is 258 g/mol. The number of amides is 1. The predicted molar refractivity (Wildman–Crippen MR) is 75.5 cm³/mol. The third-order valence-electron chi connectivity index (χ3n) is 4.07. The minimum atomic E-state index is 0.301. The van der Waals surface area contributed by atoms with Gasteiger partial charge in [-0.25, -0.2) is 0 Å². The number of rotatable bonds is 6. The van der Waals surface area contributed by atoms with Crippen LogP contribution in [-0.4, -0.2) is 23.4 Å². The van der Waals surface area contributed by atoms with Crippen LogP contribution in [0.4, 0.5) is 0 Å². The first-order chi connectivity index (χ1) is 9.26. The predicted octanol–water partition coefficient (Wildman–Crippen LogP) is 2.09. The summed E-state index contributed by atoms with van der Waals surface area (Å²) in [6.45, 7) is 1.55. The van der Waals surface area contributed by atoms with Crippen molar-refractivity contribution in [2.45, 2.75) is 44.7 Å². The zero-order chi connectivity index (χ0) is 13.2. The van der Waals surface area contributed by atoms with E-state index < -0.39 is 0 Å². The summed E-state index contributed by atoms with van der Waals surface area (Å²) >= 11 is 0. The van der Waals surface area contributed by atoms with Crippen molar-refractivity contribution in [1.29, 1.82) is 0 Å². The Morgan fingerprint density at radius 3 is 2.26 bits per heavy atom. The normalized spacial score (nSPS) is 18.4. The van der Waals surface area contributed by atoms with E-state index in [2.05, 4.69) is 4.90 Å². The Kier molecular flexibility index (Phi) is 3.56. The molecule has 0 heterocycles. The number of carbonyl (C=O) groups is 1. The van der Waals surface area contributed by atoms with Crippen molar-refractivity contribution in [1.82, 2.24) is 4.90 Å². The number of hydrogen-bond donors (Lipinski definition) is 1. The fourth-order valence-corrected chi connectivity index (χ4v) is 2.49. The lowest BCUT2D eigenvalue weighted by atomic mass is 10.1. The van der Waals surface area contributed by atoms with Crippen molar-refractivity contribution in [3.63, 3.8) is 0 Å². The van der Waals surface area contributed by atoms with Crippen LogP contribution in [-0.2, 0) is 17.8 Å². The first-order valence-electron chi connectivity index (χ1n) is 7.33. The Balaban J connectivity index is 1.61. The molecule has 19 heavy (non-hydrogen) atoms. The van der Waals surface area contributed by atoms with Crippen molar-refractivity contribution < 1.29 is 4.79 Å². The Morgan fingerprint density at radius 2 is 1.74 bits per heavy atom. The lowest BCUT2D eigenvalue weighted by Gasteiger charge is -2.22. The van der Waals surface area contributed by atoms with Crippen LogP contribution in [0.5, 0.6) is 0 Å².